The number of nitrogens with one attached hydrogen (secondary N) is 1. The molecule has 1 aliphatic heterocycles. The fourth-order valence-corrected chi connectivity index (χ4v) is 5.90. The van der Waals surface area contributed by atoms with Gasteiger partial charge in [0.1, 0.15) is 4.90 Å². The quantitative estimate of drug-likeness (QED) is 0.830. The molecule has 2 heterocycles. The predicted molar refractivity (Wildman–Crippen MR) is 78.7 cm³/mol. The number of hydrogen-bond donors (Lipinski definition) is 2. The number of rotatable bonds is 5. The van der Waals surface area contributed by atoms with Crippen molar-refractivity contribution >= 4 is 37.3 Å². The average Bonchev–Trinajstić information content (AvgIpc) is 2.96. The summed E-state index contributed by atoms with van der Waals surface area (Å²) in [5.74, 6) is 0. The summed E-state index contributed by atoms with van der Waals surface area (Å²) in [5, 5.41) is 0. The SMILES string of the molecule is CC(NS(=O)(=O)c1cc(CN)sc1Br)C1CCCO1. The first-order valence-corrected chi connectivity index (χ1v) is 9.15. The highest BCUT2D eigenvalue weighted by Crippen LogP contribution is 2.31. The van der Waals surface area contributed by atoms with Crippen LogP contribution < -0.4 is 10.5 Å². The third-order valence-electron chi connectivity index (χ3n) is 3.06. The van der Waals surface area contributed by atoms with Crippen LogP contribution in [0.25, 0.3) is 0 Å². The molecule has 1 aliphatic rings. The van der Waals surface area contributed by atoms with Crippen LogP contribution in [0.5, 0.6) is 0 Å². The van der Waals surface area contributed by atoms with Gasteiger partial charge in [-0.3, -0.25) is 0 Å². The van der Waals surface area contributed by atoms with Crippen molar-refractivity contribution in [3.63, 3.8) is 0 Å². The second kappa shape index (κ2) is 6.19. The molecular formula is C11H17BrN2O3S2. The number of thiophene rings is 1. The standard InChI is InChI=1S/C11H17BrN2O3S2/c1-7(9-3-2-4-17-9)14-19(15,16)10-5-8(6-13)18-11(10)12/h5,7,9,14H,2-4,6,13H2,1H3. The molecule has 0 aliphatic carbocycles. The van der Waals surface area contributed by atoms with Gasteiger partial charge >= 0.3 is 0 Å². The summed E-state index contributed by atoms with van der Waals surface area (Å²) in [4.78, 5) is 1.08. The fraction of sp³-hybridized carbons (Fsp3) is 0.636. The Bertz CT molecular complexity index is 538. The Morgan fingerprint density at radius 1 is 1.68 bits per heavy atom. The summed E-state index contributed by atoms with van der Waals surface area (Å²) in [6.07, 6.45) is 1.83. The molecule has 1 aromatic heterocycles. The van der Waals surface area contributed by atoms with E-state index >= 15 is 0 Å². The van der Waals surface area contributed by atoms with E-state index in [0.29, 0.717) is 16.9 Å². The Balaban J connectivity index is 2.14. The maximum absolute atomic E-state index is 12.3. The Morgan fingerprint density at radius 3 is 2.95 bits per heavy atom. The fourth-order valence-electron chi connectivity index (χ4n) is 2.06. The molecule has 0 aromatic carbocycles. The van der Waals surface area contributed by atoms with Crippen LogP contribution in [0.2, 0.25) is 0 Å². The lowest BCUT2D eigenvalue weighted by Crippen LogP contribution is -2.40. The van der Waals surface area contributed by atoms with Crippen LogP contribution in [0, 0.1) is 0 Å². The van der Waals surface area contributed by atoms with Crippen molar-refractivity contribution in [2.75, 3.05) is 6.61 Å². The summed E-state index contributed by atoms with van der Waals surface area (Å²) in [6.45, 7) is 2.87. The van der Waals surface area contributed by atoms with Crippen LogP contribution in [-0.2, 0) is 21.3 Å². The van der Waals surface area contributed by atoms with Crippen LogP contribution in [0.15, 0.2) is 14.7 Å². The van der Waals surface area contributed by atoms with E-state index in [4.69, 9.17) is 10.5 Å². The third-order valence-corrected chi connectivity index (χ3v) is 6.89. The Kier molecular flexibility index (Phi) is 5.02. The van der Waals surface area contributed by atoms with Gasteiger partial charge in [-0.15, -0.1) is 11.3 Å². The molecule has 19 heavy (non-hydrogen) atoms. The number of hydrogen-bond acceptors (Lipinski definition) is 5. The Morgan fingerprint density at radius 2 is 2.42 bits per heavy atom. The first-order chi connectivity index (χ1) is 8.94. The molecule has 1 fully saturated rings. The summed E-state index contributed by atoms with van der Waals surface area (Å²) in [6, 6.07) is 1.37. The van der Waals surface area contributed by atoms with Crippen LogP contribution in [-0.4, -0.2) is 27.2 Å². The van der Waals surface area contributed by atoms with E-state index in [1.165, 1.54) is 11.3 Å². The van der Waals surface area contributed by atoms with E-state index < -0.39 is 10.0 Å². The van der Waals surface area contributed by atoms with Crippen molar-refractivity contribution < 1.29 is 13.2 Å². The maximum Gasteiger partial charge on any atom is 0.242 e. The van der Waals surface area contributed by atoms with Crippen LogP contribution >= 0.6 is 27.3 Å². The van der Waals surface area contributed by atoms with E-state index in [9.17, 15) is 8.42 Å². The molecule has 2 unspecified atom stereocenters. The monoisotopic (exact) mass is 368 g/mol. The van der Waals surface area contributed by atoms with Gasteiger partial charge < -0.3 is 10.5 Å². The molecular weight excluding hydrogens is 352 g/mol. The van der Waals surface area contributed by atoms with Gasteiger partial charge in [0.2, 0.25) is 10.0 Å². The number of nitrogens with two attached hydrogens (primary N) is 1. The van der Waals surface area contributed by atoms with Crippen molar-refractivity contribution in [2.45, 2.75) is 43.4 Å². The van der Waals surface area contributed by atoms with E-state index in [1.54, 1.807) is 6.07 Å². The van der Waals surface area contributed by atoms with Gasteiger partial charge in [0.25, 0.3) is 0 Å². The van der Waals surface area contributed by atoms with Crippen molar-refractivity contribution in [2.24, 2.45) is 5.73 Å². The van der Waals surface area contributed by atoms with Crippen molar-refractivity contribution in [3.8, 4) is 0 Å². The summed E-state index contributed by atoms with van der Waals surface area (Å²) < 4.78 is 33.4. The second-order valence-electron chi connectivity index (χ2n) is 4.52. The lowest BCUT2D eigenvalue weighted by Gasteiger charge is -2.19. The van der Waals surface area contributed by atoms with Crippen LogP contribution in [0.3, 0.4) is 0 Å². The topological polar surface area (TPSA) is 81.4 Å². The summed E-state index contributed by atoms with van der Waals surface area (Å²) >= 11 is 4.62. The third kappa shape index (κ3) is 3.56. The van der Waals surface area contributed by atoms with E-state index in [-0.39, 0.29) is 17.0 Å². The zero-order chi connectivity index (χ0) is 14.0. The molecule has 2 atom stereocenters. The number of sulfonamides is 1. The maximum atomic E-state index is 12.3. The highest BCUT2D eigenvalue weighted by atomic mass is 79.9. The van der Waals surface area contributed by atoms with Crippen LogP contribution in [0.4, 0.5) is 0 Å². The molecule has 0 spiro atoms. The molecule has 0 bridgehead atoms. The zero-order valence-corrected chi connectivity index (χ0v) is 13.8. The molecule has 0 saturated carbocycles. The Hall–Kier alpha value is 0.01000. The normalized spacial score (nSPS) is 21.7. The average molecular weight is 369 g/mol. The lowest BCUT2D eigenvalue weighted by molar-refractivity contribution is 0.0902. The number of halogens is 1. The molecule has 0 radical (unpaired) electrons. The first-order valence-electron chi connectivity index (χ1n) is 6.06. The number of ether oxygens (including phenoxy) is 1. The predicted octanol–water partition coefficient (Wildman–Crippen LogP) is 1.82. The smallest absolute Gasteiger partial charge is 0.242 e. The van der Waals surface area contributed by atoms with Gasteiger partial charge in [-0.05, 0) is 41.8 Å². The largest absolute Gasteiger partial charge is 0.377 e. The summed E-state index contributed by atoms with van der Waals surface area (Å²) in [7, 11) is -3.54. The molecule has 2 rings (SSSR count). The molecule has 5 nitrogen and oxygen atoms in total. The van der Waals surface area contributed by atoms with E-state index in [1.807, 2.05) is 6.92 Å². The minimum absolute atomic E-state index is 0.0406. The van der Waals surface area contributed by atoms with Gasteiger partial charge in [0.15, 0.2) is 0 Å². The second-order valence-corrected chi connectivity index (χ2v) is 8.65. The zero-order valence-electron chi connectivity index (χ0n) is 10.6. The van der Waals surface area contributed by atoms with Gasteiger partial charge in [-0.2, -0.15) is 0 Å². The van der Waals surface area contributed by atoms with E-state index in [0.717, 1.165) is 17.7 Å². The highest BCUT2D eigenvalue weighted by Gasteiger charge is 2.28. The van der Waals surface area contributed by atoms with Crippen molar-refractivity contribution in [3.05, 3.63) is 14.7 Å². The van der Waals surface area contributed by atoms with Gasteiger partial charge in [-0.25, -0.2) is 13.1 Å². The highest BCUT2D eigenvalue weighted by molar-refractivity contribution is 9.11. The molecule has 1 aromatic rings. The molecule has 1 saturated heterocycles. The first kappa shape index (κ1) is 15.4. The Labute approximate surface area is 125 Å². The van der Waals surface area contributed by atoms with Gasteiger partial charge in [-0.1, -0.05) is 0 Å². The molecule has 108 valence electrons. The summed E-state index contributed by atoms with van der Waals surface area (Å²) in [5.41, 5.74) is 5.53. The lowest BCUT2D eigenvalue weighted by atomic mass is 10.1. The molecule has 0 amide bonds. The van der Waals surface area contributed by atoms with Crippen molar-refractivity contribution in [1.82, 2.24) is 4.72 Å². The van der Waals surface area contributed by atoms with Gasteiger partial charge in [0, 0.05) is 24.1 Å². The van der Waals surface area contributed by atoms with Crippen molar-refractivity contribution in [1.29, 1.82) is 0 Å². The minimum Gasteiger partial charge on any atom is -0.377 e. The molecule has 8 heteroatoms. The van der Waals surface area contributed by atoms with E-state index in [2.05, 4.69) is 20.7 Å². The van der Waals surface area contributed by atoms with Gasteiger partial charge in [0.05, 0.1) is 9.89 Å². The molecule has 3 N–H and O–H groups in total. The van der Waals surface area contributed by atoms with Crippen LogP contribution in [0.1, 0.15) is 24.6 Å². The minimum atomic E-state index is -3.54.